The summed E-state index contributed by atoms with van der Waals surface area (Å²) in [6, 6.07) is 5.48. The number of rotatable bonds is 6. The molecule has 3 rings (SSSR count). The highest BCUT2D eigenvalue weighted by molar-refractivity contribution is 14.0. The molecule has 2 aliphatic rings. The topological polar surface area (TPSA) is 95.5 Å². The highest BCUT2D eigenvalue weighted by Crippen LogP contribution is 2.32. The van der Waals surface area contributed by atoms with Crippen molar-refractivity contribution in [1.29, 1.82) is 0 Å². The third-order valence-corrected chi connectivity index (χ3v) is 4.08. The number of benzene rings is 1. The Morgan fingerprint density at radius 1 is 1.33 bits per heavy atom. The predicted octanol–water partition coefficient (Wildman–Crippen LogP) is 0.982. The fraction of sp³-hybridized carbons (Fsp3) is 0.471. The summed E-state index contributed by atoms with van der Waals surface area (Å²) in [6.45, 7) is 4.25. The molecule has 9 nitrogen and oxygen atoms in total. The van der Waals surface area contributed by atoms with Crippen molar-refractivity contribution >= 4 is 41.9 Å². The lowest BCUT2D eigenvalue weighted by Gasteiger charge is -2.22. The molecule has 2 N–H and O–H groups in total. The van der Waals surface area contributed by atoms with E-state index >= 15 is 0 Å². The zero-order valence-electron chi connectivity index (χ0n) is 15.4. The molecule has 0 aromatic heterocycles. The maximum Gasteiger partial charge on any atom is 0.324 e. The van der Waals surface area contributed by atoms with Gasteiger partial charge in [0.05, 0.1) is 19.6 Å². The predicted molar refractivity (Wildman–Crippen MR) is 111 cm³/mol. The van der Waals surface area contributed by atoms with E-state index in [1.807, 2.05) is 37.1 Å². The van der Waals surface area contributed by atoms with E-state index in [4.69, 9.17) is 9.47 Å². The van der Waals surface area contributed by atoms with Gasteiger partial charge in [-0.15, -0.1) is 24.0 Å². The highest BCUT2D eigenvalue weighted by Gasteiger charge is 2.27. The van der Waals surface area contributed by atoms with Crippen LogP contribution < -0.4 is 20.1 Å². The third-order valence-electron chi connectivity index (χ3n) is 4.08. The number of aliphatic imine (C=N–C) groups is 1. The molecule has 0 aliphatic carbocycles. The second-order valence-electron chi connectivity index (χ2n) is 5.98. The van der Waals surface area contributed by atoms with Crippen LogP contribution in [0, 0.1) is 0 Å². The SMILES string of the molecule is CCNC(=NCCN1C(=O)CNC1=O)N(C)Cc1ccc2c(c1)OCO2.I. The lowest BCUT2D eigenvalue weighted by molar-refractivity contribution is -0.124. The van der Waals surface area contributed by atoms with Gasteiger partial charge in [-0.1, -0.05) is 6.07 Å². The molecule has 148 valence electrons. The van der Waals surface area contributed by atoms with Crippen molar-refractivity contribution in [2.24, 2.45) is 4.99 Å². The average Bonchev–Trinajstić information content (AvgIpc) is 3.21. The zero-order chi connectivity index (χ0) is 18.5. The number of hydrogen-bond acceptors (Lipinski definition) is 5. The van der Waals surface area contributed by atoms with E-state index in [2.05, 4.69) is 15.6 Å². The van der Waals surface area contributed by atoms with Crippen LogP contribution in [0.3, 0.4) is 0 Å². The van der Waals surface area contributed by atoms with Crippen LogP contribution >= 0.6 is 24.0 Å². The summed E-state index contributed by atoms with van der Waals surface area (Å²) < 4.78 is 10.7. The summed E-state index contributed by atoms with van der Waals surface area (Å²) >= 11 is 0. The number of guanidine groups is 1. The zero-order valence-corrected chi connectivity index (χ0v) is 17.7. The van der Waals surface area contributed by atoms with Crippen LogP contribution in [0.1, 0.15) is 12.5 Å². The van der Waals surface area contributed by atoms with Crippen molar-refractivity contribution in [3.8, 4) is 11.5 Å². The van der Waals surface area contributed by atoms with Gasteiger partial charge in [0.25, 0.3) is 0 Å². The Morgan fingerprint density at radius 3 is 2.81 bits per heavy atom. The molecule has 1 saturated heterocycles. The minimum absolute atomic E-state index is 0. The van der Waals surface area contributed by atoms with E-state index in [9.17, 15) is 9.59 Å². The molecule has 0 radical (unpaired) electrons. The second kappa shape index (κ2) is 9.62. The Morgan fingerprint density at radius 2 is 2.11 bits per heavy atom. The minimum atomic E-state index is -0.357. The van der Waals surface area contributed by atoms with E-state index in [-0.39, 0.29) is 55.8 Å². The minimum Gasteiger partial charge on any atom is -0.454 e. The van der Waals surface area contributed by atoms with Crippen molar-refractivity contribution < 1.29 is 19.1 Å². The molecular weight excluding hydrogens is 465 g/mol. The lowest BCUT2D eigenvalue weighted by Crippen LogP contribution is -2.39. The van der Waals surface area contributed by atoms with E-state index in [1.165, 1.54) is 4.90 Å². The standard InChI is InChI=1S/C17H23N5O4.HI/c1-3-18-16(19-6-7-22-15(23)9-20-17(22)24)21(2)10-12-4-5-13-14(8-12)26-11-25-13;/h4-5,8H,3,6-7,9-11H2,1-2H3,(H,18,19)(H,20,24);1H. The Hall–Kier alpha value is -2.24. The summed E-state index contributed by atoms with van der Waals surface area (Å²) in [7, 11) is 1.93. The van der Waals surface area contributed by atoms with Gasteiger partial charge >= 0.3 is 6.03 Å². The fourth-order valence-corrected chi connectivity index (χ4v) is 2.80. The van der Waals surface area contributed by atoms with E-state index < -0.39 is 0 Å². The van der Waals surface area contributed by atoms with Crippen LogP contribution in [0.25, 0.3) is 0 Å². The van der Waals surface area contributed by atoms with Crippen LogP contribution in [-0.4, -0.2) is 67.7 Å². The van der Waals surface area contributed by atoms with Crippen LogP contribution in [0.4, 0.5) is 4.79 Å². The Labute approximate surface area is 175 Å². The maximum absolute atomic E-state index is 11.6. The van der Waals surface area contributed by atoms with Gasteiger partial charge in [0.2, 0.25) is 12.7 Å². The molecule has 10 heteroatoms. The molecule has 1 aromatic carbocycles. The van der Waals surface area contributed by atoms with Crippen LogP contribution in [-0.2, 0) is 11.3 Å². The first kappa shape index (κ1) is 21.1. The van der Waals surface area contributed by atoms with Crippen LogP contribution in [0.5, 0.6) is 11.5 Å². The fourth-order valence-electron chi connectivity index (χ4n) is 2.80. The van der Waals surface area contributed by atoms with Gasteiger partial charge in [0.15, 0.2) is 17.5 Å². The quantitative estimate of drug-likeness (QED) is 0.268. The van der Waals surface area contributed by atoms with Gasteiger partial charge in [0, 0.05) is 20.1 Å². The molecule has 1 aromatic rings. The van der Waals surface area contributed by atoms with Crippen molar-refractivity contribution in [2.45, 2.75) is 13.5 Å². The van der Waals surface area contributed by atoms with Gasteiger partial charge in [-0.25, -0.2) is 4.79 Å². The highest BCUT2D eigenvalue weighted by atomic mass is 127. The van der Waals surface area contributed by atoms with Gasteiger partial charge in [-0.2, -0.15) is 0 Å². The average molecular weight is 489 g/mol. The molecule has 3 amide bonds. The second-order valence-corrected chi connectivity index (χ2v) is 5.98. The number of carbonyl (C=O) groups excluding carboxylic acids is 2. The monoisotopic (exact) mass is 489 g/mol. The molecule has 0 saturated carbocycles. The van der Waals surface area contributed by atoms with Crippen molar-refractivity contribution in [3.63, 3.8) is 0 Å². The number of nitrogens with one attached hydrogen (secondary N) is 2. The third kappa shape index (κ3) is 5.15. The number of carbonyl (C=O) groups is 2. The molecule has 0 spiro atoms. The Bertz CT molecular complexity index is 711. The number of imide groups is 1. The molecule has 0 unspecified atom stereocenters. The van der Waals surface area contributed by atoms with Crippen LogP contribution in [0.2, 0.25) is 0 Å². The number of hydrogen-bond donors (Lipinski definition) is 2. The van der Waals surface area contributed by atoms with Gasteiger partial charge in [0.1, 0.15) is 0 Å². The van der Waals surface area contributed by atoms with Gasteiger partial charge in [-0.05, 0) is 24.6 Å². The number of nitrogens with zero attached hydrogens (tertiary/aromatic N) is 3. The molecule has 0 bridgehead atoms. The Kier molecular flexibility index (Phi) is 7.51. The number of amides is 3. The maximum atomic E-state index is 11.6. The molecular formula is C17H24IN5O4. The van der Waals surface area contributed by atoms with E-state index in [1.54, 1.807) is 0 Å². The molecule has 27 heavy (non-hydrogen) atoms. The number of fused-ring (bicyclic) bond motifs is 1. The first-order valence-corrected chi connectivity index (χ1v) is 8.54. The molecule has 1 fully saturated rings. The number of urea groups is 1. The van der Waals surface area contributed by atoms with E-state index in [0.717, 1.165) is 17.1 Å². The summed E-state index contributed by atoms with van der Waals surface area (Å²) in [5, 5.41) is 5.72. The van der Waals surface area contributed by atoms with Crippen molar-refractivity contribution in [3.05, 3.63) is 23.8 Å². The summed E-state index contributed by atoms with van der Waals surface area (Å²) in [5.74, 6) is 1.99. The largest absolute Gasteiger partial charge is 0.454 e. The lowest BCUT2D eigenvalue weighted by atomic mass is 10.2. The van der Waals surface area contributed by atoms with Gasteiger partial charge in [-0.3, -0.25) is 14.7 Å². The van der Waals surface area contributed by atoms with Crippen LogP contribution in [0.15, 0.2) is 23.2 Å². The molecule has 2 aliphatic heterocycles. The summed E-state index contributed by atoms with van der Waals surface area (Å²) in [6.07, 6.45) is 0. The Balaban J connectivity index is 0.00000261. The van der Waals surface area contributed by atoms with Crippen molar-refractivity contribution in [2.75, 3.05) is 40.0 Å². The first-order chi connectivity index (χ1) is 12.6. The smallest absolute Gasteiger partial charge is 0.324 e. The van der Waals surface area contributed by atoms with Crippen molar-refractivity contribution in [1.82, 2.24) is 20.4 Å². The summed E-state index contributed by atoms with van der Waals surface area (Å²) in [4.78, 5) is 30.8. The molecule has 2 heterocycles. The molecule has 0 atom stereocenters. The van der Waals surface area contributed by atoms with E-state index in [0.29, 0.717) is 25.6 Å². The summed E-state index contributed by atoms with van der Waals surface area (Å²) in [5.41, 5.74) is 1.07. The van der Waals surface area contributed by atoms with Gasteiger partial charge < -0.3 is 25.0 Å². The first-order valence-electron chi connectivity index (χ1n) is 8.54. The number of halogens is 1. The normalized spacial score (nSPS) is 15.5. The number of ether oxygens (including phenoxy) is 2.